The quantitative estimate of drug-likeness (QED) is 0.704. The maximum Gasteiger partial charge on any atom is 0.242 e. The van der Waals surface area contributed by atoms with Crippen LogP contribution < -0.4 is 10.9 Å². The number of nitrogens with zero attached hydrogens (tertiary/aromatic N) is 1. The van der Waals surface area contributed by atoms with Crippen LogP contribution in [0.3, 0.4) is 0 Å². The van der Waals surface area contributed by atoms with E-state index in [0.29, 0.717) is 6.04 Å². The largest absolute Gasteiger partial charge is 0.338 e. The van der Waals surface area contributed by atoms with E-state index < -0.39 is 0 Å². The van der Waals surface area contributed by atoms with Crippen LogP contribution in [0.25, 0.3) is 0 Å². The van der Waals surface area contributed by atoms with E-state index >= 15 is 0 Å². The van der Waals surface area contributed by atoms with E-state index in [1.165, 1.54) is 6.42 Å². The molecule has 2 unspecified atom stereocenters. The second-order valence-electron chi connectivity index (χ2n) is 4.54. The molecular formula is C11H19N3O2. The number of piperidine rings is 1. The Morgan fingerprint density at radius 2 is 2.31 bits per heavy atom. The lowest BCUT2D eigenvalue weighted by Gasteiger charge is -2.36. The Labute approximate surface area is 95.5 Å². The Morgan fingerprint density at radius 1 is 1.50 bits per heavy atom. The molecule has 0 spiro atoms. The highest BCUT2D eigenvalue weighted by Gasteiger charge is 2.34. The minimum absolute atomic E-state index is 0.0740. The Balaban J connectivity index is 1.99. The van der Waals surface area contributed by atoms with Gasteiger partial charge in [0.05, 0.1) is 6.42 Å². The van der Waals surface area contributed by atoms with Crippen LogP contribution in [-0.4, -0.2) is 35.3 Å². The van der Waals surface area contributed by atoms with Crippen molar-refractivity contribution in [2.45, 2.75) is 51.1 Å². The van der Waals surface area contributed by atoms with E-state index in [4.69, 9.17) is 0 Å². The highest BCUT2D eigenvalue weighted by atomic mass is 16.2. The summed E-state index contributed by atoms with van der Waals surface area (Å²) in [6.45, 7) is 2.95. The summed E-state index contributed by atoms with van der Waals surface area (Å²) in [6.07, 6.45) is 4.65. The molecule has 5 nitrogen and oxygen atoms in total. The molecule has 0 aromatic carbocycles. The summed E-state index contributed by atoms with van der Waals surface area (Å²) in [5.74, 6) is -0.0201. The van der Waals surface area contributed by atoms with Gasteiger partial charge in [-0.1, -0.05) is 6.92 Å². The summed E-state index contributed by atoms with van der Waals surface area (Å²) < 4.78 is 0. The third-order valence-corrected chi connectivity index (χ3v) is 3.45. The van der Waals surface area contributed by atoms with Crippen LogP contribution in [0.2, 0.25) is 0 Å². The molecule has 2 aliphatic rings. The lowest BCUT2D eigenvalue weighted by molar-refractivity contribution is -0.137. The molecule has 5 heteroatoms. The zero-order chi connectivity index (χ0) is 11.5. The zero-order valence-electron chi connectivity index (χ0n) is 9.66. The molecule has 0 bridgehead atoms. The third-order valence-electron chi connectivity index (χ3n) is 3.45. The SMILES string of the molecule is CCC1CCCCN1C(=O)C1CC(=O)NN1. The fourth-order valence-electron chi connectivity index (χ4n) is 2.52. The molecule has 0 aliphatic carbocycles. The molecule has 0 aromatic rings. The summed E-state index contributed by atoms with van der Waals surface area (Å²) >= 11 is 0. The van der Waals surface area contributed by atoms with Crippen LogP contribution in [0.15, 0.2) is 0 Å². The van der Waals surface area contributed by atoms with Crippen molar-refractivity contribution in [2.24, 2.45) is 0 Å². The standard InChI is InChI=1S/C11H19N3O2/c1-2-8-5-3-4-6-14(8)11(16)9-7-10(15)13-12-9/h8-9,12H,2-7H2,1H3,(H,13,15). The van der Waals surface area contributed by atoms with Gasteiger partial charge in [0.25, 0.3) is 0 Å². The topological polar surface area (TPSA) is 61.4 Å². The number of nitrogens with one attached hydrogen (secondary N) is 2. The molecule has 2 rings (SSSR count). The van der Waals surface area contributed by atoms with Gasteiger partial charge in [-0.05, 0) is 25.7 Å². The molecule has 90 valence electrons. The molecule has 2 aliphatic heterocycles. The molecule has 0 aromatic heterocycles. The van der Waals surface area contributed by atoms with E-state index in [-0.39, 0.29) is 24.3 Å². The monoisotopic (exact) mass is 225 g/mol. The maximum absolute atomic E-state index is 12.2. The molecule has 16 heavy (non-hydrogen) atoms. The molecule has 2 atom stereocenters. The van der Waals surface area contributed by atoms with Crippen molar-refractivity contribution < 1.29 is 9.59 Å². The van der Waals surface area contributed by atoms with Gasteiger partial charge in [-0.25, -0.2) is 5.43 Å². The summed E-state index contributed by atoms with van der Waals surface area (Å²) in [5.41, 5.74) is 5.24. The van der Waals surface area contributed by atoms with E-state index in [0.717, 1.165) is 25.8 Å². The number of amides is 2. The second-order valence-corrected chi connectivity index (χ2v) is 4.54. The fraction of sp³-hybridized carbons (Fsp3) is 0.818. The molecule has 0 radical (unpaired) electrons. The summed E-state index contributed by atoms with van der Waals surface area (Å²) in [4.78, 5) is 25.2. The molecule has 0 saturated carbocycles. The fourth-order valence-corrected chi connectivity index (χ4v) is 2.52. The van der Waals surface area contributed by atoms with Crippen LogP contribution in [0.4, 0.5) is 0 Å². The predicted octanol–water partition coefficient (Wildman–Crippen LogP) is 0.171. The molecule has 2 N–H and O–H groups in total. The van der Waals surface area contributed by atoms with Crippen molar-refractivity contribution in [3.8, 4) is 0 Å². The Kier molecular flexibility index (Phi) is 3.43. The van der Waals surface area contributed by atoms with Gasteiger partial charge < -0.3 is 4.90 Å². The normalized spacial score (nSPS) is 30.3. The summed E-state index contributed by atoms with van der Waals surface area (Å²) in [6, 6.07) is -0.00148. The van der Waals surface area contributed by atoms with Crippen molar-refractivity contribution in [1.82, 2.24) is 15.8 Å². The van der Waals surface area contributed by atoms with E-state index in [1.54, 1.807) is 0 Å². The third kappa shape index (κ3) is 2.19. The van der Waals surface area contributed by atoms with Gasteiger partial charge in [0, 0.05) is 12.6 Å². The highest BCUT2D eigenvalue weighted by Crippen LogP contribution is 2.21. The van der Waals surface area contributed by atoms with Gasteiger partial charge in [0.1, 0.15) is 6.04 Å². The first kappa shape index (κ1) is 11.4. The lowest BCUT2D eigenvalue weighted by atomic mass is 9.99. The molecule has 2 saturated heterocycles. The van der Waals surface area contributed by atoms with Gasteiger partial charge in [-0.3, -0.25) is 15.0 Å². The number of likely N-dealkylation sites (tertiary alicyclic amines) is 1. The number of carbonyl (C=O) groups is 2. The lowest BCUT2D eigenvalue weighted by Crippen LogP contribution is -2.51. The highest BCUT2D eigenvalue weighted by molar-refractivity contribution is 5.91. The van der Waals surface area contributed by atoms with Crippen molar-refractivity contribution in [2.75, 3.05) is 6.54 Å². The van der Waals surface area contributed by atoms with Crippen molar-refractivity contribution in [3.63, 3.8) is 0 Å². The zero-order valence-corrected chi connectivity index (χ0v) is 9.66. The molecule has 2 fully saturated rings. The first-order valence-electron chi connectivity index (χ1n) is 6.07. The maximum atomic E-state index is 12.2. The number of hydrogen-bond acceptors (Lipinski definition) is 3. The van der Waals surface area contributed by atoms with E-state index in [1.807, 2.05) is 4.90 Å². The first-order valence-corrected chi connectivity index (χ1v) is 6.07. The number of rotatable bonds is 2. The summed E-state index contributed by atoms with van der Waals surface area (Å²) in [5, 5.41) is 0. The Hall–Kier alpha value is -1.10. The molecule has 2 amide bonds. The molecular weight excluding hydrogens is 206 g/mol. The van der Waals surface area contributed by atoms with Crippen molar-refractivity contribution in [3.05, 3.63) is 0 Å². The van der Waals surface area contributed by atoms with Crippen LogP contribution in [0.1, 0.15) is 39.0 Å². The number of hydrazine groups is 1. The predicted molar refractivity (Wildman–Crippen MR) is 59.3 cm³/mol. The Morgan fingerprint density at radius 3 is 2.94 bits per heavy atom. The van der Waals surface area contributed by atoms with Crippen LogP contribution >= 0.6 is 0 Å². The van der Waals surface area contributed by atoms with Crippen LogP contribution in [-0.2, 0) is 9.59 Å². The summed E-state index contributed by atoms with van der Waals surface area (Å²) in [7, 11) is 0. The van der Waals surface area contributed by atoms with Gasteiger partial charge >= 0.3 is 0 Å². The van der Waals surface area contributed by atoms with Gasteiger partial charge in [0.15, 0.2) is 0 Å². The minimum atomic E-state index is -0.361. The van der Waals surface area contributed by atoms with E-state index in [9.17, 15) is 9.59 Å². The molecule has 2 heterocycles. The smallest absolute Gasteiger partial charge is 0.242 e. The van der Waals surface area contributed by atoms with Crippen molar-refractivity contribution >= 4 is 11.8 Å². The minimum Gasteiger partial charge on any atom is -0.338 e. The Bertz CT molecular complexity index is 293. The van der Waals surface area contributed by atoms with Crippen LogP contribution in [0, 0.1) is 0 Å². The average Bonchev–Trinajstić information content (AvgIpc) is 2.75. The van der Waals surface area contributed by atoms with E-state index in [2.05, 4.69) is 17.8 Å². The van der Waals surface area contributed by atoms with Gasteiger partial charge in [0.2, 0.25) is 11.8 Å². The number of hydrogen-bond donors (Lipinski definition) is 2. The number of carbonyl (C=O) groups excluding carboxylic acids is 2. The van der Waals surface area contributed by atoms with Crippen molar-refractivity contribution in [1.29, 1.82) is 0 Å². The van der Waals surface area contributed by atoms with Gasteiger partial charge in [-0.2, -0.15) is 0 Å². The van der Waals surface area contributed by atoms with Crippen LogP contribution in [0.5, 0.6) is 0 Å². The average molecular weight is 225 g/mol. The first-order chi connectivity index (χ1) is 7.72. The second kappa shape index (κ2) is 4.82. The van der Waals surface area contributed by atoms with Gasteiger partial charge in [-0.15, -0.1) is 0 Å².